The molecule has 0 aliphatic carbocycles. The summed E-state index contributed by atoms with van der Waals surface area (Å²) in [7, 11) is -3.85. The van der Waals surface area contributed by atoms with Crippen molar-refractivity contribution >= 4 is 33.2 Å². The lowest BCUT2D eigenvalue weighted by Crippen LogP contribution is -2.47. The van der Waals surface area contributed by atoms with Crippen molar-refractivity contribution in [3.8, 4) is 0 Å². The molecule has 2 amide bonds. The van der Waals surface area contributed by atoms with Crippen LogP contribution in [0.4, 0.5) is 15.8 Å². The summed E-state index contributed by atoms with van der Waals surface area (Å²) >= 11 is 0. The van der Waals surface area contributed by atoms with Crippen molar-refractivity contribution < 1.29 is 22.4 Å². The summed E-state index contributed by atoms with van der Waals surface area (Å²) < 4.78 is 39.5. The summed E-state index contributed by atoms with van der Waals surface area (Å²) in [6.45, 7) is 3.04. The fraction of sp³-hybridized carbons (Fsp3) is 0.417. The van der Waals surface area contributed by atoms with E-state index in [4.69, 9.17) is 0 Å². The molecule has 0 bridgehead atoms. The number of carbonyl (C=O) groups is 2. The van der Waals surface area contributed by atoms with Gasteiger partial charge in [-0.25, -0.2) is 12.8 Å². The molecule has 0 unspecified atom stereocenters. The van der Waals surface area contributed by atoms with Gasteiger partial charge in [0, 0.05) is 13.1 Å². The number of rotatable bonds is 7. The van der Waals surface area contributed by atoms with Gasteiger partial charge in [0.05, 0.1) is 23.2 Å². The van der Waals surface area contributed by atoms with Crippen LogP contribution in [-0.4, -0.2) is 50.5 Å². The quantitative estimate of drug-likeness (QED) is 0.655. The van der Waals surface area contributed by atoms with Crippen LogP contribution in [0.3, 0.4) is 0 Å². The van der Waals surface area contributed by atoms with Crippen LogP contribution in [-0.2, 0) is 14.8 Å². The smallest absolute Gasteiger partial charge is 0.255 e. The fourth-order valence-electron chi connectivity index (χ4n) is 4.09. The number of sulfonamides is 1. The molecule has 2 aromatic rings. The number of hydrogen-bond acceptors (Lipinski definition) is 4. The van der Waals surface area contributed by atoms with E-state index in [1.807, 2.05) is 0 Å². The molecule has 1 aliphatic heterocycles. The number of carbonyl (C=O) groups excluding carboxylic acids is 2. The Morgan fingerprint density at radius 1 is 1.03 bits per heavy atom. The van der Waals surface area contributed by atoms with Crippen molar-refractivity contribution in [3.05, 3.63) is 59.9 Å². The molecule has 33 heavy (non-hydrogen) atoms. The predicted octanol–water partition coefficient (Wildman–Crippen LogP) is 4.03. The normalized spacial score (nSPS) is 15.4. The number of halogens is 1. The van der Waals surface area contributed by atoms with Crippen molar-refractivity contribution in [3.63, 3.8) is 0 Å². The molecule has 0 spiro atoms. The first kappa shape index (κ1) is 24.7. The Hall–Kier alpha value is -2.94. The van der Waals surface area contributed by atoms with Gasteiger partial charge in [0.2, 0.25) is 15.9 Å². The number of nitrogens with zero attached hydrogens (tertiary/aromatic N) is 2. The molecule has 1 atom stereocenters. The zero-order valence-electron chi connectivity index (χ0n) is 19.0. The zero-order valence-corrected chi connectivity index (χ0v) is 19.8. The van der Waals surface area contributed by atoms with Crippen molar-refractivity contribution in [2.45, 2.75) is 45.1 Å². The molecule has 0 saturated carbocycles. The molecule has 1 fully saturated rings. The van der Waals surface area contributed by atoms with Crippen molar-refractivity contribution in [2.75, 3.05) is 29.0 Å². The number of para-hydroxylation sites is 1. The maximum absolute atomic E-state index is 13.4. The van der Waals surface area contributed by atoms with E-state index in [1.54, 1.807) is 36.1 Å². The molecule has 1 N–H and O–H groups in total. The molecular weight excluding hydrogens is 445 g/mol. The molecule has 2 aromatic carbocycles. The van der Waals surface area contributed by atoms with Crippen LogP contribution < -0.4 is 9.62 Å². The average molecular weight is 476 g/mol. The summed E-state index contributed by atoms with van der Waals surface area (Å²) in [5.41, 5.74) is 0.896. The van der Waals surface area contributed by atoms with Gasteiger partial charge in [0.15, 0.2) is 0 Å². The lowest BCUT2D eigenvalue weighted by atomic mass is 10.1. The van der Waals surface area contributed by atoms with Crippen LogP contribution in [0.15, 0.2) is 48.5 Å². The van der Waals surface area contributed by atoms with Gasteiger partial charge in [-0.1, -0.05) is 31.9 Å². The van der Waals surface area contributed by atoms with E-state index in [1.165, 1.54) is 12.1 Å². The first-order chi connectivity index (χ1) is 15.7. The number of hydrogen-bond donors (Lipinski definition) is 1. The lowest BCUT2D eigenvalue weighted by Gasteiger charge is -2.30. The van der Waals surface area contributed by atoms with Gasteiger partial charge >= 0.3 is 0 Å². The van der Waals surface area contributed by atoms with Gasteiger partial charge in [-0.3, -0.25) is 13.9 Å². The van der Waals surface area contributed by atoms with Crippen LogP contribution in [0.2, 0.25) is 0 Å². The number of amides is 2. The van der Waals surface area contributed by atoms with E-state index in [0.717, 1.165) is 48.4 Å². The highest BCUT2D eigenvalue weighted by atomic mass is 32.2. The standard InChI is InChI=1S/C24H30FN3O4S/c1-3-22(28(33(2,31)32)19-14-12-18(25)13-15-19)23(29)26-21-11-7-6-10-20(21)24(30)27-16-8-4-5-9-17-27/h6-7,10-15,22H,3-5,8-9,16-17H2,1-2H3,(H,26,29)/t22-/m1/s1. The largest absolute Gasteiger partial charge is 0.339 e. The topological polar surface area (TPSA) is 86.8 Å². The van der Waals surface area contributed by atoms with E-state index < -0.39 is 27.8 Å². The minimum atomic E-state index is -3.85. The fourth-order valence-corrected chi connectivity index (χ4v) is 5.30. The number of benzene rings is 2. The Balaban J connectivity index is 1.88. The lowest BCUT2D eigenvalue weighted by molar-refractivity contribution is -0.117. The third kappa shape index (κ3) is 6.10. The minimum Gasteiger partial charge on any atom is -0.339 e. The molecule has 7 nitrogen and oxygen atoms in total. The molecule has 1 saturated heterocycles. The molecule has 0 aromatic heterocycles. The number of likely N-dealkylation sites (tertiary alicyclic amines) is 1. The molecule has 0 radical (unpaired) electrons. The zero-order chi connectivity index (χ0) is 24.0. The SMILES string of the molecule is CC[C@H](C(=O)Nc1ccccc1C(=O)N1CCCCCC1)N(c1ccc(F)cc1)S(C)(=O)=O. The van der Waals surface area contributed by atoms with E-state index in [-0.39, 0.29) is 18.0 Å². The van der Waals surface area contributed by atoms with E-state index in [2.05, 4.69) is 5.32 Å². The van der Waals surface area contributed by atoms with Gasteiger partial charge < -0.3 is 10.2 Å². The molecule has 1 heterocycles. The molecule has 9 heteroatoms. The number of anilines is 2. The summed E-state index contributed by atoms with van der Waals surface area (Å²) in [4.78, 5) is 28.2. The average Bonchev–Trinajstić information content (AvgIpc) is 3.07. The highest BCUT2D eigenvalue weighted by Gasteiger charge is 2.32. The molecule has 1 aliphatic rings. The van der Waals surface area contributed by atoms with Gasteiger partial charge in [-0.05, 0) is 55.7 Å². The maximum atomic E-state index is 13.4. The summed E-state index contributed by atoms with van der Waals surface area (Å²) in [6.07, 6.45) is 5.25. The first-order valence-corrected chi connectivity index (χ1v) is 13.0. The highest BCUT2D eigenvalue weighted by molar-refractivity contribution is 7.92. The minimum absolute atomic E-state index is 0.153. The van der Waals surface area contributed by atoms with Gasteiger partial charge in [-0.2, -0.15) is 0 Å². The monoisotopic (exact) mass is 475 g/mol. The highest BCUT2D eigenvalue weighted by Crippen LogP contribution is 2.25. The summed E-state index contributed by atoms with van der Waals surface area (Å²) in [6, 6.07) is 10.6. The second-order valence-electron chi connectivity index (χ2n) is 8.20. The van der Waals surface area contributed by atoms with Crippen molar-refractivity contribution in [2.24, 2.45) is 0 Å². The van der Waals surface area contributed by atoms with E-state index in [0.29, 0.717) is 24.3 Å². The van der Waals surface area contributed by atoms with Crippen LogP contribution in [0.1, 0.15) is 49.4 Å². The first-order valence-electron chi connectivity index (χ1n) is 11.2. The van der Waals surface area contributed by atoms with Gasteiger partial charge in [0.1, 0.15) is 11.9 Å². The van der Waals surface area contributed by atoms with Crippen LogP contribution in [0.5, 0.6) is 0 Å². The second kappa shape index (κ2) is 10.8. The Labute approximate surface area is 194 Å². The Bertz CT molecular complexity index is 1080. The predicted molar refractivity (Wildman–Crippen MR) is 127 cm³/mol. The van der Waals surface area contributed by atoms with E-state index in [9.17, 15) is 22.4 Å². The Kier molecular flexibility index (Phi) is 8.07. The van der Waals surface area contributed by atoms with Crippen molar-refractivity contribution in [1.29, 1.82) is 0 Å². The third-order valence-corrected chi connectivity index (χ3v) is 6.90. The summed E-state index contributed by atoms with van der Waals surface area (Å²) in [5, 5.41) is 2.76. The van der Waals surface area contributed by atoms with Crippen LogP contribution >= 0.6 is 0 Å². The van der Waals surface area contributed by atoms with Gasteiger partial charge in [-0.15, -0.1) is 0 Å². The second-order valence-corrected chi connectivity index (χ2v) is 10.1. The maximum Gasteiger partial charge on any atom is 0.255 e. The molecule has 3 rings (SSSR count). The Morgan fingerprint density at radius 2 is 1.64 bits per heavy atom. The van der Waals surface area contributed by atoms with Gasteiger partial charge in [0.25, 0.3) is 5.91 Å². The van der Waals surface area contributed by atoms with Crippen LogP contribution in [0.25, 0.3) is 0 Å². The van der Waals surface area contributed by atoms with E-state index >= 15 is 0 Å². The summed E-state index contributed by atoms with van der Waals surface area (Å²) in [5.74, 6) is -1.23. The third-order valence-electron chi connectivity index (χ3n) is 5.72. The molecule has 178 valence electrons. The number of nitrogens with one attached hydrogen (secondary N) is 1. The van der Waals surface area contributed by atoms with Crippen molar-refractivity contribution in [1.82, 2.24) is 4.90 Å². The van der Waals surface area contributed by atoms with Crippen LogP contribution in [0, 0.1) is 5.82 Å². The Morgan fingerprint density at radius 3 is 2.21 bits per heavy atom. The molecular formula is C24H30FN3O4S.